The highest BCUT2D eigenvalue weighted by atomic mass is 35.5. The average molecular weight is 248 g/mol. The fraction of sp³-hybridized carbons (Fsp3) is 0.143. The van der Waals surface area contributed by atoms with Crippen LogP contribution in [0.25, 0.3) is 0 Å². The molecular weight excluding hydrogens is 234 g/mol. The van der Waals surface area contributed by atoms with Gasteiger partial charge < -0.3 is 10.5 Å². The van der Waals surface area contributed by atoms with Crippen molar-refractivity contribution in [2.45, 2.75) is 6.42 Å². The van der Waals surface area contributed by atoms with E-state index in [1.807, 2.05) is 48.5 Å². The van der Waals surface area contributed by atoms with Gasteiger partial charge in [0.05, 0.1) is 6.61 Å². The summed E-state index contributed by atoms with van der Waals surface area (Å²) in [5.74, 6) is 0.825. The summed E-state index contributed by atoms with van der Waals surface area (Å²) < 4.78 is 5.61. The Kier molecular flexibility index (Phi) is 3.89. The van der Waals surface area contributed by atoms with Crippen LogP contribution in [0.15, 0.2) is 48.5 Å². The van der Waals surface area contributed by atoms with Gasteiger partial charge in [0.25, 0.3) is 0 Å². The van der Waals surface area contributed by atoms with E-state index in [0.717, 1.165) is 28.4 Å². The third-order valence-corrected chi connectivity index (χ3v) is 2.85. The fourth-order valence-electron chi connectivity index (χ4n) is 1.54. The minimum absolute atomic E-state index is 0.605. The van der Waals surface area contributed by atoms with E-state index in [2.05, 4.69) is 0 Å². The van der Waals surface area contributed by atoms with E-state index in [0.29, 0.717) is 6.61 Å². The molecule has 3 heteroatoms. The number of ether oxygens (including phenoxy) is 1. The average Bonchev–Trinajstić information content (AvgIpc) is 2.34. The van der Waals surface area contributed by atoms with Gasteiger partial charge in [0.1, 0.15) is 5.75 Å². The lowest BCUT2D eigenvalue weighted by Crippen LogP contribution is -2.01. The van der Waals surface area contributed by atoms with Gasteiger partial charge >= 0.3 is 0 Å². The molecule has 17 heavy (non-hydrogen) atoms. The maximum atomic E-state index is 6.05. The molecule has 0 aromatic heterocycles. The van der Waals surface area contributed by atoms with Crippen LogP contribution in [0, 0.1) is 0 Å². The molecule has 0 amide bonds. The summed E-state index contributed by atoms with van der Waals surface area (Å²) in [5.41, 5.74) is 7.43. The summed E-state index contributed by atoms with van der Waals surface area (Å²) in [6.07, 6.45) is 0.796. The number of nitrogens with two attached hydrogens (primary N) is 1. The smallest absolute Gasteiger partial charge is 0.119 e. The van der Waals surface area contributed by atoms with Crippen molar-refractivity contribution in [1.82, 2.24) is 0 Å². The zero-order chi connectivity index (χ0) is 12.1. The molecule has 2 N–H and O–H groups in total. The van der Waals surface area contributed by atoms with E-state index < -0.39 is 0 Å². The van der Waals surface area contributed by atoms with Gasteiger partial charge in [-0.05, 0) is 35.9 Å². The van der Waals surface area contributed by atoms with Gasteiger partial charge in [-0.25, -0.2) is 0 Å². The van der Waals surface area contributed by atoms with Crippen molar-refractivity contribution in [3.05, 3.63) is 59.1 Å². The lowest BCUT2D eigenvalue weighted by molar-refractivity contribution is 0.322. The predicted molar refractivity (Wildman–Crippen MR) is 71.5 cm³/mol. The molecule has 2 aromatic carbocycles. The zero-order valence-electron chi connectivity index (χ0n) is 9.40. The van der Waals surface area contributed by atoms with Crippen LogP contribution in [-0.2, 0) is 6.42 Å². The molecule has 0 heterocycles. The molecular formula is C14H14ClNO. The molecule has 2 rings (SSSR count). The van der Waals surface area contributed by atoms with Gasteiger partial charge in [-0.1, -0.05) is 29.8 Å². The Labute approximate surface area is 106 Å². The monoisotopic (exact) mass is 247 g/mol. The summed E-state index contributed by atoms with van der Waals surface area (Å²) in [6, 6.07) is 15.2. The van der Waals surface area contributed by atoms with Crippen molar-refractivity contribution in [3.8, 4) is 5.75 Å². The minimum Gasteiger partial charge on any atom is -0.493 e. The van der Waals surface area contributed by atoms with Gasteiger partial charge in [-0.3, -0.25) is 0 Å². The predicted octanol–water partition coefficient (Wildman–Crippen LogP) is 3.54. The van der Waals surface area contributed by atoms with Gasteiger partial charge in [0.15, 0.2) is 0 Å². The van der Waals surface area contributed by atoms with Gasteiger partial charge in [-0.2, -0.15) is 0 Å². The molecule has 2 aromatic rings. The molecule has 0 spiro atoms. The first-order valence-corrected chi connectivity index (χ1v) is 5.85. The second-order valence-electron chi connectivity index (χ2n) is 3.76. The van der Waals surface area contributed by atoms with E-state index in [1.54, 1.807) is 0 Å². The molecule has 0 saturated carbocycles. The topological polar surface area (TPSA) is 35.2 Å². The Morgan fingerprint density at radius 2 is 1.71 bits per heavy atom. The Balaban J connectivity index is 1.88. The molecule has 0 fully saturated rings. The second-order valence-corrected chi connectivity index (χ2v) is 4.17. The van der Waals surface area contributed by atoms with E-state index in [-0.39, 0.29) is 0 Å². The lowest BCUT2D eigenvalue weighted by Gasteiger charge is -2.07. The molecule has 0 bridgehead atoms. The Bertz CT molecular complexity index is 482. The minimum atomic E-state index is 0.605. The van der Waals surface area contributed by atoms with E-state index in [9.17, 15) is 0 Å². The summed E-state index contributed by atoms with van der Waals surface area (Å²) in [6.45, 7) is 0.605. The van der Waals surface area contributed by atoms with E-state index in [4.69, 9.17) is 22.1 Å². The highest BCUT2D eigenvalue weighted by molar-refractivity contribution is 6.31. The Morgan fingerprint density at radius 3 is 2.41 bits per heavy atom. The van der Waals surface area contributed by atoms with Crippen molar-refractivity contribution in [2.75, 3.05) is 12.3 Å². The first kappa shape index (κ1) is 11.8. The van der Waals surface area contributed by atoms with Crippen LogP contribution in [0.3, 0.4) is 0 Å². The van der Waals surface area contributed by atoms with Gasteiger partial charge in [0.2, 0.25) is 0 Å². The van der Waals surface area contributed by atoms with Crippen LogP contribution in [0.4, 0.5) is 5.69 Å². The molecule has 2 nitrogen and oxygen atoms in total. The van der Waals surface area contributed by atoms with Crippen molar-refractivity contribution >= 4 is 17.3 Å². The number of nitrogen functional groups attached to an aromatic ring is 1. The van der Waals surface area contributed by atoms with Crippen LogP contribution in [0.5, 0.6) is 5.75 Å². The van der Waals surface area contributed by atoms with E-state index in [1.165, 1.54) is 0 Å². The van der Waals surface area contributed by atoms with E-state index >= 15 is 0 Å². The van der Waals surface area contributed by atoms with Crippen LogP contribution in [0.2, 0.25) is 5.02 Å². The quantitative estimate of drug-likeness (QED) is 0.839. The van der Waals surface area contributed by atoms with Crippen molar-refractivity contribution < 1.29 is 4.74 Å². The first-order chi connectivity index (χ1) is 8.25. The zero-order valence-corrected chi connectivity index (χ0v) is 10.2. The highest BCUT2D eigenvalue weighted by Gasteiger charge is 1.99. The largest absolute Gasteiger partial charge is 0.493 e. The SMILES string of the molecule is Nc1ccc(OCCc2ccccc2Cl)cc1. The highest BCUT2D eigenvalue weighted by Crippen LogP contribution is 2.17. The standard InChI is InChI=1S/C14H14ClNO/c15-14-4-2-1-3-11(14)9-10-17-13-7-5-12(16)6-8-13/h1-8H,9-10,16H2. The normalized spacial score (nSPS) is 10.2. The summed E-state index contributed by atoms with van der Waals surface area (Å²) in [7, 11) is 0. The van der Waals surface area contributed by atoms with Crippen LogP contribution in [0.1, 0.15) is 5.56 Å². The van der Waals surface area contributed by atoms with Crippen molar-refractivity contribution in [1.29, 1.82) is 0 Å². The van der Waals surface area contributed by atoms with Crippen LogP contribution < -0.4 is 10.5 Å². The number of hydrogen-bond donors (Lipinski definition) is 1. The summed E-state index contributed by atoms with van der Waals surface area (Å²) in [5, 5.41) is 0.786. The fourth-order valence-corrected chi connectivity index (χ4v) is 1.77. The Hall–Kier alpha value is -1.67. The van der Waals surface area contributed by atoms with Gasteiger partial charge in [0, 0.05) is 17.1 Å². The lowest BCUT2D eigenvalue weighted by atomic mass is 10.2. The third kappa shape index (κ3) is 3.40. The van der Waals surface area contributed by atoms with Crippen molar-refractivity contribution in [2.24, 2.45) is 0 Å². The number of anilines is 1. The molecule has 0 aliphatic carbocycles. The van der Waals surface area contributed by atoms with Crippen LogP contribution >= 0.6 is 11.6 Å². The molecule has 0 radical (unpaired) electrons. The summed E-state index contributed by atoms with van der Waals surface area (Å²) in [4.78, 5) is 0. The maximum Gasteiger partial charge on any atom is 0.119 e. The first-order valence-electron chi connectivity index (χ1n) is 5.47. The summed E-state index contributed by atoms with van der Waals surface area (Å²) >= 11 is 6.05. The molecule has 0 aliphatic rings. The molecule has 88 valence electrons. The number of rotatable bonds is 4. The van der Waals surface area contributed by atoms with Crippen LogP contribution in [-0.4, -0.2) is 6.61 Å². The molecule has 0 atom stereocenters. The number of halogens is 1. The molecule has 0 aliphatic heterocycles. The second kappa shape index (κ2) is 5.60. The van der Waals surface area contributed by atoms with Crippen molar-refractivity contribution in [3.63, 3.8) is 0 Å². The number of hydrogen-bond acceptors (Lipinski definition) is 2. The number of benzene rings is 2. The molecule has 0 saturated heterocycles. The van der Waals surface area contributed by atoms with Gasteiger partial charge in [-0.15, -0.1) is 0 Å². The Morgan fingerprint density at radius 1 is 1.00 bits per heavy atom. The molecule has 0 unspecified atom stereocenters. The third-order valence-electron chi connectivity index (χ3n) is 2.48. The maximum absolute atomic E-state index is 6.05.